The van der Waals surface area contributed by atoms with Gasteiger partial charge < -0.3 is 9.84 Å². The van der Waals surface area contributed by atoms with Gasteiger partial charge in [-0.25, -0.2) is 0 Å². The van der Waals surface area contributed by atoms with E-state index in [9.17, 15) is 18.3 Å². The number of ether oxygens (including phenoxy) is 1. The van der Waals surface area contributed by atoms with E-state index in [0.29, 0.717) is 17.5 Å². The molecule has 21 heavy (non-hydrogen) atoms. The first-order valence-corrected chi connectivity index (χ1v) is 6.34. The summed E-state index contributed by atoms with van der Waals surface area (Å²) in [5.74, 6) is -0.323. The summed E-state index contributed by atoms with van der Waals surface area (Å²) in [6.07, 6.45) is -1.26. The molecule has 0 amide bonds. The molecule has 1 atom stereocenters. The molecule has 3 nitrogen and oxygen atoms in total. The third-order valence-electron chi connectivity index (χ3n) is 3.22. The summed E-state index contributed by atoms with van der Waals surface area (Å²) in [5, 5.41) is 10.8. The van der Waals surface area contributed by atoms with Crippen LogP contribution in [0.1, 0.15) is 24.5 Å². The minimum absolute atomic E-state index is 0.323. The van der Waals surface area contributed by atoms with Gasteiger partial charge in [-0.15, -0.1) is 13.2 Å². The van der Waals surface area contributed by atoms with Crippen LogP contribution in [-0.2, 0) is 5.60 Å². The molecule has 112 valence electrons. The zero-order chi connectivity index (χ0) is 15.5. The van der Waals surface area contributed by atoms with Gasteiger partial charge in [-0.3, -0.25) is 4.98 Å². The highest BCUT2D eigenvalue weighted by Gasteiger charge is 2.32. The topological polar surface area (TPSA) is 42.4 Å². The van der Waals surface area contributed by atoms with Gasteiger partial charge in [0.2, 0.25) is 0 Å². The molecule has 0 radical (unpaired) electrons. The summed E-state index contributed by atoms with van der Waals surface area (Å²) >= 11 is 0. The number of rotatable bonds is 4. The molecule has 0 saturated carbocycles. The van der Waals surface area contributed by atoms with Crippen molar-refractivity contribution in [2.75, 3.05) is 0 Å². The number of aliphatic hydroxyl groups is 1. The lowest BCUT2D eigenvalue weighted by atomic mass is 9.85. The van der Waals surface area contributed by atoms with Crippen LogP contribution in [0.5, 0.6) is 5.75 Å². The highest BCUT2D eigenvalue weighted by atomic mass is 19.4. The molecular formula is C15H14F3NO2. The van der Waals surface area contributed by atoms with Crippen molar-refractivity contribution in [3.05, 3.63) is 59.9 Å². The van der Waals surface area contributed by atoms with Crippen LogP contribution in [-0.4, -0.2) is 16.5 Å². The summed E-state index contributed by atoms with van der Waals surface area (Å²) in [4.78, 5) is 3.96. The Hall–Kier alpha value is -2.08. The number of aromatic nitrogens is 1. The molecule has 0 fully saturated rings. The fraction of sp³-hybridized carbons (Fsp3) is 0.267. The van der Waals surface area contributed by atoms with Crippen molar-refractivity contribution < 1.29 is 23.0 Å². The molecular weight excluding hydrogens is 283 g/mol. The normalized spacial score (nSPS) is 14.5. The van der Waals surface area contributed by atoms with Gasteiger partial charge in [0.1, 0.15) is 11.4 Å². The third kappa shape index (κ3) is 3.52. The van der Waals surface area contributed by atoms with E-state index in [4.69, 9.17) is 0 Å². The summed E-state index contributed by atoms with van der Waals surface area (Å²) in [6.45, 7) is 1.78. The maximum absolute atomic E-state index is 12.1. The van der Waals surface area contributed by atoms with Gasteiger partial charge >= 0.3 is 6.36 Å². The number of alkyl halides is 3. The van der Waals surface area contributed by atoms with E-state index in [1.807, 2.05) is 0 Å². The molecule has 6 heteroatoms. The van der Waals surface area contributed by atoms with E-state index in [-0.39, 0.29) is 5.75 Å². The molecule has 1 N–H and O–H groups in total. The van der Waals surface area contributed by atoms with Gasteiger partial charge in [0.25, 0.3) is 0 Å². The smallest absolute Gasteiger partial charge is 0.406 e. The van der Waals surface area contributed by atoms with E-state index in [1.54, 1.807) is 25.3 Å². The van der Waals surface area contributed by atoms with Crippen molar-refractivity contribution in [2.45, 2.75) is 25.3 Å². The second kappa shape index (κ2) is 5.73. The maximum atomic E-state index is 12.1. The Labute approximate surface area is 120 Å². The monoisotopic (exact) mass is 297 g/mol. The molecule has 0 aliphatic heterocycles. The number of hydrogen-bond acceptors (Lipinski definition) is 3. The van der Waals surface area contributed by atoms with E-state index >= 15 is 0 Å². The molecule has 0 aliphatic rings. The molecule has 0 saturated heterocycles. The lowest BCUT2D eigenvalue weighted by molar-refractivity contribution is -0.274. The molecule has 2 rings (SSSR count). The SMILES string of the molecule is CCC(O)(c1ccc(OC(F)(F)F)cc1)c1cccnc1. The zero-order valence-electron chi connectivity index (χ0n) is 11.3. The quantitative estimate of drug-likeness (QED) is 0.937. The Morgan fingerprint density at radius 1 is 1.10 bits per heavy atom. The minimum Gasteiger partial charge on any atom is -0.406 e. The Kier molecular flexibility index (Phi) is 4.18. The number of nitrogens with zero attached hydrogens (tertiary/aromatic N) is 1. The summed E-state index contributed by atoms with van der Waals surface area (Å²) in [7, 11) is 0. The van der Waals surface area contributed by atoms with E-state index in [0.717, 1.165) is 0 Å². The van der Waals surface area contributed by atoms with Crippen molar-refractivity contribution in [1.29, 1.82) is 0 Å². The van der Waals surface area contributed by atoms with Crippen LogP contribution in [0.3, 0.4) is 0 Å². The number of halogens is 3. The van der Waals surface area contributed by atoms with Crippen LogP contribution in [0.25, 0.3) is 0 Å². The molecule has 1 aromatic heterocycles. The Morgan fingerprint density at radius 3 is 2.24 bits per heavy atom. The highest BCUT2D eigenvalue weighted by molar-refractivity contribution is 5.37. The van der Waals surface area contributed by atoms with E-state index in [1.165, 1.54) is 30.5 Å². The Balaban J connectivity index is 2.31. The second-order valence-electron chi connectivity index (χ2n) is 4.53. The van der Waals surface area contributed by atoms with Gasteiger partial charge in [-0.2, -0.15) is 0 Å². The second-order valence-corrected chi connectivity index (χ2v) is 4.53. The summed E-state index contributed by atoms with van der Waals surface area (Å²) in [5.41, 5.74) is -0.241. The average molecular weight is 297 g/mol. The number of benzene rings is 1. The first-order chi connectivity index (χ1) is 9.85. The van der Waals surface area contributed by atoms with Crippen molar-refractivity contribution in [3.8, 4) is 5.75 Å². The third-order valence-corrected chi connectivity index (χ3v) is 3.22. The van der Waals surface area contributed by atoms with Crippen LogP contribution in [0.2, 0.25) is 0 Å². The van der Waals surface area contributed by atoms with Crippen molar-refractivity contribution >= 4 is 0 Å². The molecule has 1 aromatic carbocycles. The van der Waals surface area contributed by atoms with Gasteiger partial charge in [0.05, 0.1) is 0 Å². The fourth-order valence-electron chi connectivity index (χ4n) is 2.11. The Morgan fingerprint density at radius 2 is 1.76 bits per heavy atom. The van der Waals surface area contributed by atoms with Crippen LogP contribution in [0.4, 0.5) is 13.2 Å². The van der Waals surface area contributed by atoms with E-state index in [2.05, 4.69) is 9.72 Å². The lowest BCUT2D eigenvalue weighted by Crippen LogP contribution is -2.26. The van der Waals surface area contributed by atoms with E-state index < -0.39 is 12.0 Å². The van der Waals surface area contributed by atoms with Gasteiger partial charge in [-0.05, 0) is 30.2 Å². The van der Waals surface area contributed by atoms with Crippen LogP contribution < -0.4 is 4.74 Å². The summed E-state index contributed by atoms with van der Waals surface area (Å²) < 4.78 is 40.2. The van der Waals surface area contributed by atoms with Crippen LogP contribution >= 0.6 is 0 Å². The predicted molar refractivity (Wildman–Crippen MR) is 70.7 cm³/mol. The van der Waals surface area contributed by atoms with Crippen LogP contribution in [0.15, 0.2) is 48.8 Å². The Bertz CT molecular complexity index is 584. The van der Waals surface area contributed by atoms with Crippen molar-refractivity contribution in [3.63, 3.8) is 0 Å². The van der Waals surface area contributed by atoms with Gasteiger partial charge in [0, 0.05) is 18.0 Å². The van der Waals surface area contributed by atoms with Crippen molar-refractivity contribution in [2.24, 2.45) is 0 Å². The highest BCUT2D eigenvalue weighted by Crippen LogP contribution is 2.33. The fourth-order valence-corrected chi connectivity index (χ4v) is 2.11. The lowest BCUT2D eigenvalue weighted by Gasteiger charge is -2.27. The van der Waals surface area contributed by atoms with Crippen LogP contribution in [0, 0.1) is 0 Å². The van der Waals surface area contributed by atoms with Gasteiger partial charge in [0.15, 0.2) is 0 Å². The average Bonchev–Trinajstić information content (AvgIpc) is 2.46. The largest absolute Gasteiger partial charge is 0.573 e. The first-order valence-electron chi connectivity index (χ1n) is 6.34. The molecule has 0 bridgehead atoms. The molecule has 1 heterocycles. The predicted octanol–water partition coefficient (Wildman–Crippen LogP) is 3.63. The number of pyridine rings is 1. The molecule has 0 spiro atoms. The molecule has 0 aliphatic carbocycles. The standard InChI is InChI=1S/C15H14F3NO2/c1-2-14(20,12-4-3-9-19-10-12)11-5-7-13(8-6-11)21-15(16,17)18/h3-10,20H,2H2,1H3. The minimum atomic E-state index is -4.73. The number of hydrogen-bond donors (Lipinski definition) is 1. The maximum Gasteiger partial charge on any atom is 0.573 e. The first kappa shape index (κ1) is 15.3. The molecule has 2 aromatic rings. The van der Waals surface area contributed by atoms with Crippen molar-refractivity contribution in [1.82, 2.24) is 4.98 Å². The van der Waals surface area contributed by atoms with Gasteiger partial charge in [-0.1, -0.05) is 25.1 Å². The summed E-state index contributed by atoms with van der Waals surface area (Å²) in [6, 6.07) is 8.60. The molecule has 1 unspecified atom stereocenters. The zero-order valence-corrected chi connectivity index (χ0v) is 11.3.